The van der Waals surface area contributed by atoms with Gasteiger partial charge in [-0.25, -0.2) is 4.98 Å². The zero-order valence-electron chi connectivity index (χ0n) is 9.22. The van der Waals surface area contributed by atoms with Crippen molar-refractivity contribution in [1.82, 2.24) is 4.98 Å². The van der Waals surface area contributed by atoms with Crippen molar-refractivity contribution in [3.05, 3.63) is 27.5 Å². The highest BCUT2D eigenvalue weighted by Crippen LogP contribution is 2.31. The molecule has 0 spiro atoms. The fourth-order valence-corrected chi connectivity index (χ4v) is 3.01. The normalized spacial score (nSPS) is 18.1. The van der Waals surface area contributed by atoms with Gasteiger partial charge in [0.1, 0.15) is 4.60 Å². The molecule has 0 unspecified atom stereocenters. The molecule has 1 aromatic rings. The van der Waals surface area contributed by atoms with Gasteiger partial charge >= 0.3 is 0 Å². The van der Waals surface area contributed by atoms with Crippen molar-refractivity contribution in [1.29, 1.82) is 0 Å². The molecule has 1 saturated heterocycles. The molecule has 1 aromatic heterocycles. The predicted octanol–water partition coefficient (Wildman–Crippen LogP) is 3.35. The van der Waals surface area contributed by atoms with Crippen molar-refractivity contribution in [2.75, 3.05) is 13.2 Å². The summed E-state index contributed by atoms with van der Waals surface area (Å²) in [6.07, 6.45) is 2.26. The number of aryl methyl sites for hydroxylation is 2. The minimum absolute atomic E-state index is 0.638. The van der Waals surface area contributed by atoms with Crippen molar-refractivity contribution in [3.8, 4) is 0 Å². The average Bonchev–Trinajstić information content (AvgIpc) is 2.17. The molecule has 15 heavy (non-hydrogen) atoms. The lowest BCUT2D eigenvalue weighted by molar-refractivity contribution is 0.0850. The van der Waals surface area contributed by atoms with Crippen LogP contribution in [0.15, 0.2) is 10.7 Å². The van der Waals surface area contributed by atoms with Gasteiger partial charge in [0.05, 0.1) is 0 Å². The van der Waals surface area contributed by atoms with Crippen LogP contribution in [0, 0.1) is 13.8 Å². The van der Waals surface area contributed by atoms with Gasteiger partial charge in [-0.1, -0.05) is 0 Å². The predicted molar refractivity (Wildman–Crippen MR) is 64.2 cm³/mol. The fourth-order valence-electron chi connectivity index (χ4n) is 2.40. The highest BCUT2D eigenvalue weighted by atomic mass is 79.9. The Hall–Kier alpha value is -0.410. The zero-order chi connectivity index (χ0) is 10.8. The molecule has 2 rings (SSSR count). The van der Waals surface area contributed by atoms with E-state index in [1.807, 2.05) is 0 Å². The maximum absolute atomic E-state index is 5.39. The minimum atomic E-state index is 0.638. The lowest BCUT2D eigenvalue weighted by Crippen LogP contribution is -2.16. The molecular formula is C12H16BrNO. The van der Waals surface area contributed by atoms with Gasteiger partial charge in [0, 0.05) is 18.9 Å². The number of halogens is 1. The molecule has 0 aromatic carbocycles. The van der Waals surface area contributed by atoms with Gasteiger partial charge in [-0.3, -0.25) is 0 Å². The fraction of sp³-hybridized carbons (Fsp3) is 0.583. The molecule has 0 bridgehead atoms. The van der Waals surface area contributed by atoms with E-state index in [0.29, 0.717) is 5.92 Å². The molecule has 1 aliphatic rings. The largest absolute Gasteiger partial charge is 0.381 e. The van der Waals surface area contributed by atoms with Crippen LogP contribution in [0.3, 0.4) is 0 Å². The molecule has 2 nitrogen and oxygen atoms in total. The van der Waals surface area contributed by atoms with E-state index >= 15 is 0 Å². The lowest BCUT2D eigenvalue weighted by Gasteiger charge is -2.25. The van der Waals surface area contributed by atoms with Crippen LogP contribution in [0.1, 0.15) is 35.6 Å². The Bertz CT molecular complexity index is 336. The van der Waals surface area contributed by atoms with Gasteiger partial charge in [0.15, 0.2) is 0 Å². The van der Waals surface area contributed by atoms with Crippen LogP contribution in [0.5, 0.6) is 0 Å². The van der Waals surface area contributed by atoms with Crippen molar-refractivity contribution < 1.29 is 4.74 Å². The van der Waals surface area contributed by atoms with Gasteiger partial charge in [-0.2, -0.15) is 0 Å². The Morgan fingerprint density at radius 3 is 2.60 bits per heavy atom. The van der Waals surface area contributed by atoms with Crippen LogP contribution in [0.2, 0.25) is 0 Å². The number of pyridine rings is 1. The first-order chi connectivity index (χ1) is 7.18. The first-order valence-corrected chi connectivity index (χ1v) is 6.19. The van der Waals surface area contributed by atoms with E-state index in [4.69, 9.17) is 4.74 Å². The van der Waals surface area contributed by atoms with E-state index in [2.05, 4.69) is 40.8 Å². The quantitative estimate of drug-likeness (QED) is 0.730. The second-order valence-corrected chi connectivity index (χ2v) is 4.96. The maximum Gasteiger partial charge on any atom is 0.106 e. The number of hydrogen-bond donors (Lipinski definition) is 0. The Morgan fingerprint density at radius 1 is 1.33 bits per heavy atom. The summed E-state index contributed by atoms with van der Waals surface area (Å²) >= 11 is 3.44. The highest BCUT2D eigenvalue weighted by Gasteiger charge is 2.20. The summed E-state index contributed by atoms with van der Waals surface area (Å²) in [5, 5.41) is 0. The SMILES string of the molecule is Cc1cc(Br)nc(C)c1C1CCOCC1. The van der Waals surface area contributed by atoms with Crippen molar-refractivity contribution >= 4 is 15.9 Å². The number of hydrogen-bond acceptors (Lipinski definition) is 2. The molecule has 1 aliphatic heterocycles. The standard InChI is InChI=1S/C12H16BrNO/c1-8-7-11(13)14-9(2)12(8)10-3-5-15-6-4-10/h7,10H,3-6H2,1-2H3. The van der Waals surface area contributed by atoms with Crippen LogP contribution in [-0.4, -0.2) is 18.2 Å². The number of nitrogens with zero attached hydrogens (tertiary/aromatic N) is 1. The average molecular weight is 270 g/mol. The molecule has 0 saturated carbocycles. The van der Waals surface area contributed by atoms with Crippen LogP contribution in [-0.2, 0) is 4.74 Å². The summed E-state index contributed by atoms with van der Waals surface area (Å²) in [5.41, 5.74) is 3.94. The Labute approximate surface area is 99.2 Å². The van der Waals surface area contributed by atoms with E-state index in [0.717, 1.165) is 36.4 Å². The lowest BCUT2D eigenvalue weighted by atomic mass is 9.88. The minimum Gasteiger partial charge on any atom is -0.381 e. The molecule has 1 fully saturated rings. The van der Waals surface area contributed by atoms with E-state index in [1.165, 1.54) is 11.1 Å². The monoisotopic (exact) mass is 269 g/mol. The Balaban J connectivity index is 2.33. The first kappa shape index (κ1) is 11.1. The summed E-state index contributed by atoms with van der Waals surface area (Å²) in [4.78, 5) is 4.49. The molecule has 0 N–H and O–H groups in total. The van der Waals surface area contributed by atoms with Crippen molar-refractivity contribution in [2.45, 2.75) is 32.6 Å². The van der Waals surface area contributed by atoms with E-state index < -0.39 is 0 Å². The van der Waals surface area contributed by atoms with Crippen LogP contribution < -0.4 is 0 Å². The molecule has 82 valence electrons. The molecule has 3 heteroatoms. The van der Waals surface area contributed by atoms with Crippen LogP contribution >= 0.6 is 15.9 Å². The second kappa shape index (κ2) is 4.62. The maximum atomic E-state index is 5.39. The van der Waals surface area contributed by atoms with Crippen molar-refractivity contribution in [2.24, 2.45) is 0 Å². The van der Waals surface area contributed by atoms with E-state index in [-0.39, 0.29) is 0 Å². The van der Waals surface area contributed by atoms with E-state index in [1.54, 1.807) is 0 Å². The summed E-state index contributed by atoms with van der Waals surface area (Å²) in [6, 6.07) is 2.11. The molecule has 0 atom stereocenters. The number of rotatable bonds is 1. The second-order valence-electron chi connectivity index (χ2n) is 4.15. The number of aromatic nitrogens is 1. The molecule has 0 amide bonds. The number of ether oxygens (including phenoxy) is 1. The Morgan fingerprint density at radius 2 is 2.00 bits per heavy atom. The third kappa shape index (κ3) is 2.40. The highest BCUT2D eigenvalue weighted by molar-refractivity contribution is 9.10. The van der Waals surface area contributed by atoms with E-state index in [9.17, 15) is 0 Å². The molecule has 0 radical (unpaired) electrons. The molecule has 2 heterocycles. The topological polar surface area (TPSA) is 22.1 Å². The van der Waals surface area contributed by atoms with Crippen LogP contribution in [0.4, 0.5) is 0 Å². The smallest absolute Gasteiger partial charge is 0.106 e. The van der Waals surface area contributed by atoms with Gasteiger partial charge < -0.3 is 4.74 Å². The third-order valence-corrected chi connectivity index (χ3v) is 3.46. The van der Waals surface area contributed by atoms with Crippen molar-refractivity contribution in [3.63, 3.8) is 0 Å². The third-order valence-electron chi connectivity index (χ3n) is 3.05. The van der Waals surface area contributed by atoms with Gasteiger partial charge in [-0.15, -0.1) is 0 Å². The Kier molecular flexibility index (Phi) is 3.42. The van der Waals surface area contributed by atoms with Gasteiger partial charge in [-0.05, 0) is 65.7 Å². The molecule has 0 aliphatic carbocycles. The first-order valence-electron chi connectivity index (χ1n) is 5.40. The van der Waals surface area contributed by atoms with Gasteiger partial charge in [0.2, 0.25) is 0 Å². The summed E-state index contributed by atoms with van der Waals surface area (Å²) in [5.74, 6) is 0.638. The summed E-state index contributed by atoms with van der Waals surface area (Å²) < 4.78 is 6.33. The van der Waals surface area contributed by atoms with Crippen LogP contribution in [0.25, 0.3) is 0 Å². The molecular weight excluding hydrogens is 254 g/mol. The summed E-state index contributed by atoms with van der Waals surface area (Å²) in [6.45, 7) is 6.05. The zero-order valence-corrected chi connectivity index (χ0v) is 10.8. The summed E-state index contributed by atoms with van der Waals surface area (Å²) in [7, 11) is 0. The van der Waals surface area contributed by atoms with Gasteiger partial charge in [0.25, 0.3) is 0 Å².